The van der Waals surface area contributed by atoms with E-state index in [1.165, 1.54) is 13.1 Å². The number of nitrogens with zero attached hydrogens (tertiary/aromatic N) is 3. The third-order valence-corrected chi connectivity index (χ3v) is 3.37. The molecule has 0 bridgehead atoms. The van der Waals surface area contributed by atoms with Crippen molar-refractivity contribution in [3.63, 3.8) is 0 Å². The van der Waals surface area contributed by atoms with Crippen LogP contribution in [0.15, 0.2) is 21.9 Å². The van der Waals surface area contributed by atoms with Gasteiger partial charge in [-0.05, 0) is 18.9 Å². The maximum absolute atomic E-state index is 12.1. The molecule has 0 unspecified atom stereocenters. The van der Waals surface area contributed by atoms with Crippen LogP contribution in [0.1, 0.15) is 40.0 Å². The lowest BCUT2D eigenvalue weighted by Crippen LogP contribution is -2.40. The Kier molecular flexibility index (Phi) is 8.27. The summed E-state index contributed by atoms with van der Waals surface area (Å²) in [5.74, 6) is -0.703. The van der Waals surface area contributed by atoms with Gasteiger partial charge in [-0.15, -0.1) is 0 Å². The first-order valence-electron chi connectivity index (χ1n) is 8.24. The highest BCUT2D eigenvalue weighted by Crippen LogP contribution is 2.17. The summed E-state index contributed by atoms with van der Waals surface area (Å²) in [5, 5.41) is 7.89. The lowest BCUT2D eigenvalue weighted by molar-refractivity contribution is -0.156. The number of carbonyl (C=O) groups excluding carboxylic acids is 2. The molecule has 0 saturated heterocycles. The van der Waals surface area contributed by atoms with Crippen molar-refractivity contribution < 1.29 is 27.5 Å². The molecule has 1 aliphatic heterocycles. The van der Waals surface area contributed by atoms with Gasteiger partial charge in [-0.3, -0.25) is 9.59 Å². The highest BCUT2D eigenvalue weighted by molar-refractivity contribution is 6.04. The first-order chi connectivity index (χ1) is 12.2. The van der Waals surface area contributed by atoms with Gasteiger partial charge in [0.05, 0.1) is 5.71 Å². The zero-order chi connectivity index (χ0) is 19.7. The van der Waals surface area contributed by atoms with Crippen molar-refractivity contribution in [1.29, 1.82) is 0 Å². The van der Waals surface area contributed by atoms with Gasteiger partial charge >= 0.3 is 6.18 Å². The van der Waals surface area contributed by atoms with Gasteiger partial charge < -0.3 is 10.1 Å². The molecule has 0 aliphatic carbocycles. The molecule has 2 amide bonds. The van der Waals surface area contributed by atoms with Crippen LogP contribution >= 0.6 is 0 Å². The molecule has 26 heavy (non-hydrogen) atoms. The van der Waals surface area contributed by atoms with Crippen molar-refractivity contribution in [2.75, 3.05) is 19.7 Å². The van der Waals surface area contributed by atoms with E-state index in [1.54, 1.807) is 6.92 Å². The van der Waals surface area contributed by atoms with Gasteiger partial charge in [0.15, 0.2) is 12.5 Å². The van der Waals surface area contributed by atoms with E-state index in [0.29, 0.717) is 30.7 Å². The SMILES string of the molecule is CCNC(=O)CN1N=C(/C(=C/N=C(C)OCC(F)(F)F)CC)CCC1=O. The molecular formula is C16H23F3N4O3. The van der Waals surface area contributed by atoms with Crippen LogP contribution in [0, 0.1) is 0 Å². The first-order valence-corrected chi connectivity index (χ1v) is 8.24. The molecule has 0 aromatic heterocycles. The van der Waals surface area contributed by atoms with Gasteiger partial charge in [-0.25, -0.2) is 10.0 Å². The highest BCUT2D eigenvalue weighted by Gasteiger charge is 2.28. The fourth-order valence-corrected chi connectivity index (χ4v) is 2.11. The summed E-state index contributed by atoms with van der Waals surface area (Å²) in [6.07, 6.45) is -1.96. The molecule has 0 fully saturated rings. The smallest absolute Gasteiger partial charge is 0.422 e. The van der Waals surface area contributed by atoms with Crippen molar-refractivity contribution in [3.8, 4) is 0 Å². The molecule has 1 aliphatic rings. The fraction of sp³-hybridized carbons (Fsp3) is 0.625. The van der Waals surface area contributed by atoms with Gasteiger partial charge in [0, 0.05) is 32.5 Å². The Morgan fingerprint density at radius 1 is 1.38 bits per heavy atom. The van der Waals surface area contributed by atoms with Crippen LogP contribution in [-0.2, 0) is 14.3 Å². The number of allylic oxidation sites excluding steroid dienone is 1. The van der Waals surface area contributed by atoms with E-state index in [1.807, 2.05) is 6.92 Å². The summed E-state index contributed by atoms with van der Waals surface area (Å²) in [6, 6.07) is 0. The Labute approximate surface area is 150 Å². The normalized spacial score (nSPS) is 16.5. The monoisotopic (exact) mass is 376 g/mol. The number of hydrogen-bond donors (Lipinski definition) is 1. The predicted octanol–water partition coefficient (Wildman–Crippen LogP) is 2.39. The second-order valence-electron chi connectivity index (χ2n) is 5.51. The van der Waals surface area contributed by atoms with Crippen LogP contribution in [0.25, 0.3) is 0 Å². The minimum absolute atomic E-state index is 0.125. The van der Waals surface area contributed by atoms with Crippen LogP contribution in [0.5, 0.6) is 0 Å². The Morgan fingerprint density at radius 2 is 2.08 bits per heavy atom. The van der Waals surface area contributed by atoms with Gasteiger partial charge in [0.1, 0.15) is 6.54 Å². The number of likely N-dealkylation sites (N-methyl/N-ethyl adjacent to an activating group) is 1. The van der Waals surface area contributed by atoms with Crippen LogP contribution in [0.2, 0.25) is 0 Å². The quantitative estimate of drug-likeness (QED) is 0.547. The van der Waals surface area contributed by atoms with Gasteiger partial charge in [0.25, 0.3) is 0 Å². The van der Waals surface area contributed by atoms with Crippen LogP contribution in [0.4, 0.5) is 13.2 Å². The van der Waals surface area contributed by atoms with Crippen molar-refractivity contribution in [1.82, 2.24) is 10.3 Å². The summed E-state index contributed by atoms with van der Waals surface area (Å²) in [6.45, 7) is 3.79. The number of ether oxygens (including phenoxy) is 1. The van der Waals surface area contributed by atoms with E-state index in [0.717, 1.165) is 5.01 Å². The molecular weight excluding hydrogens is 353 g/mol. The molecule has 1 N–H and O–H groups in total. The Bertz CT molecular complexity index is 612. The molecule has 0 spiro atoms. The average molecular weight is 376 g/mol. The number of nitrogens with one attached hydrogen (secondary N) is 1. The predicted molar refractivity (Wildman–Crippen MR) is 90.6 cm³/mol. The standard InChI is InChI=1S/C16H23F3N4O3/c1-4-12(8-21-11(3)26-10-16(17,18)19)13-6-7-15(25)23(22-13)9-14(24)20-5-2/h8H,4-7,9-10H2,1-3H3,(H,20,24)/b12-8+,21-11?. The first kappa shape index (κ1) is 21.7. The van der Waals surface area contributed by atoms with Gasteiger partial charge in [-0.1, -0.05) is 6.92 Å². The fourth-order valence-electron chi connectivity index (χ4n) is 2.11. The summed E-state index contributed by atoms with van der Waals surface area (Å²) < 4.78 is 40.9. The third kappa shape index (κ3) is 7.66. The molecule has 0 aromatic carbocycles. The molecule has 1 heterocycles. The Hall–Kier alpha value is -2.39. The number of hydrazone groups is 1. The van der Waals surface area contributed by atoms with Crippen molar-refractivity contribution in [2.45, 2.75) is 46.2 Å². The number of alkyl halides is 3. The maximum Gasteiger partial charge on any atom is 0.422 e. The zero-order valence-electron chi connectivity index (χ0n) is 15.0. The molecule has 7 nitrogen and oxygen atoms in total. The number of hydrogen-bond acceptors (Lipinski definition) is 5. The Morgan fingerprint density at radius 3 is 2.65 bits per heavy atom. The van der Waals surface area contributed by atoms with Crippen molar-refractivity contribution in [3.05, 3.63) is 11.8 Å². The van der Waals surface area contributed by atoms with Crippen molar-refractivity contribution >= 4 is 23.4 Å². The van der Waals surface area contributed by atoms with E-state index < -0.39 is 12.8 Å². The molecule has 0 radical (unpaired) electrons. The molecule has 10 heteroatoms. The lowest BCUT2D eigenvalue weighted by atomic mass is 10.0. The van der Waals surface area contributed by atoms with E-state index in [4.69, 9.17) is 0 Å². The molecule has 1 rings (SSSR count). The third-order valence-electron chi connectivity index (χ3n) is 3.37. The molecule has 0 aromatic rings. The van der Waals surface area contributed by atoms with Gasteiger partial charge in [0.2, 0.25) is 11.8 Å². The zero-order valence-corrected chi connectivity index (χ0v) is 15.0. The van der Waals surface area contributed by atoms with E-state index in [-0.39, 0.29) is 30.7 Å². The number of carbonyl (C=O) groups is 2. The minimum atomic E-state index is -4.43. The summed E-state index contributed by atoms with van der Waals surface area (Å²) in [4.78, 5) is 27.4. The number of aliphatic imine (C=N–C) groups is 1. The van der Waals surface area contributed by atoms with Crippen LogP contribution in [-0.4, -0.2) is 54.3 Å². The second-order valence-corrected chi connectivity index (χ2v) is 5.51. The topological polar surface area (TPSA) is 83.4 Å². The minimum Gasteiger partial charge on any atom is -0.471 e. The van der Waals surface area contributed by atoms with E-state index in [9.17, 15) is 22.8 Å². The lowest BCUT2D eigenvalue weighted by Gasteiger charge is -2.23. The number of halogens is 3. The average Bonchev–Trinajstić information content (AvgIpc) is 2.55. The van der Waals surface area contributed by atoms with E-state index >= 15 is 0 Å². The number of rotatable bonds is 7. The summed E-state index contributed by atoms with van der Waals surface area (Å²) in [7, 11) is 0. The summed E-state index contributed by atoms with van der Waals surface area (Å²) >= 11 is 0. The Balaban J connectivity index is 2.86. The molecule has 0 atom stereocenters. The van der Waals surface area contributed by atoms with Crippen LogP contribution in [0.3, 0.4) is 0 Å². The van der Waals surface area contributed by atoms with Crippen molar-refractivity contribution in [2.24, 2.45) is 10.1 Å². The maximum atomic E-state index is 12.1. The van der Waals surface area contributed by atoms with Crippen LogP contribution < -0.4 is 5.32 Å². The number of amides is 2. The van der Waals surface area contributed by atoms with E-state index in [2.05, 4.69) is 20.1 Å². The second kappa shape index (κ2) is 9.93. The highest BCUT2D eigenvalue weighted by atomic mass is 19.4. The molecule has 146 valence electrons. The summed E-state index contributed by atoms with van der Waals surface area (Å²) in [5.41, 5.74) is 1.23. The van der Waals surface area contributed by atoms with Gasteiger partial charge in [-0.2, -0.15) is 18.3 Å². The largest absolute Gasteiger partial charge is 0.471 e. The molecule has 0 saturated carbocycles.